The number of nitrogens with one attached hydrogen (secondary N) is 2. The molecule has 5 nitrogen and oxygen atoms in total. The van der Waals surface area contributed by atoms with Gasteiger partial charge >= 0.3 is 0 Å². The fourth-order valence-electron chi connectivity index (χ4n) is 1.83. The van der Waals surface area contributed by atoms with E-state index < -0.39 is 0 Å². The Hall–Kier alpha value is -0.880. The molecule has 0 bridgehead atoms. The summed E-state index contributed by atoms with van der Waals surface area (Å²) < 4.78 is 5.44. The smallest absolute Gasteiger partial charge is 0.244 e. The topological polar surface area (TPSA) is 63.2 Å². The zero-order valence-corrected chi connectivity index (χ0v) is 12.5. The maximum absolute atomic E-state index is 12.0. The van der Waals surface area contributed by atoms with Crippen molar-refractivity contribution in [2.45, 2.75) is 26.0 Å². The Kier molecular flexibility index (Phi) is 7.94. The molecule has 0 radical (unpaired) electrons. The first kappa shape index (κ1) is 18.1. The van der Waals surface area contributed by atoms with Crippen LogP contribution in [0.2, 0.25) is 0 Å². The Labute approximate surface area is 125 Å². The Morgan fingerprint density at radius 3 is 2.89 bits per heavy atom. The van der Waals surface area contributed by atoms with Gasteiger partial charge in [-0.15, -0.1) is 24.8 Å². The predicted molar refractivity (Wildman–Crippen MR) is 79.3 cm³/mol. The van der Waals surface area contributed by atoms with Crippen LogP contribution in [0, 0.1) is 6.92 Å². The van der Waals surface area contributed by atoms with Crippen molar-refractivity contribution in [3.63, 3.8) is 0 Å². The third-order valence-electron chi connectivity index (χ3n) is 2.90. The van der Waals surface area contributed by atoms with Gasteiger partial charge in [0.2, 0.25) is 5.91 Å². The summed E-state index contributed by atoms with van der Waals surface area (Å²) in [6.07, 6.45) is 3.25. The first-order valence-corrected chi connectivity index (χ1v) is 5.75. The highest BCUT2D eigenvalue weighted by atomic mass is 35.5. The van der Waals surface area contributed by atoms with E-state index in [1.807, 2.05) is 19.9 Å². The Balaban J connectivity index is 0.00000162. The predicted octanol–water partition coefficient (Wildman–Crippen LogP) is 1.55. The van der Waals surface area contributed by atoms with Gasteiger partial charge in [-0.25, -0.2) is 0 Å². The van der Waals surface area contributed by atoms with E-state index in [2.05, 4.69) is 15.6 Å². The second kappa shape index (κ2) is 8.32. The number of hydrogen-bond acceptors (Lipinski definition) is 4. The number of amides is 1. The summed E-state index contributed by atoms with van der Waals surface area (Å²) >= 11 is 0. The standard InChI is InChI=1S/C12H17N3O2.2ClH/c1-8-3-4-13-7-10(8)15-12(16)11-9(2)17-6-5-14-11;;/h3-4,7,9,11,14H,5-6H2,1-2H3,(H,15,16);2*1H/t9-,11+;;/m1../s1. The Morgan fingerprint density at radius 1 is 1.53 bits per heavy atom. The minimum absolute atomic E-state index is 0. The maximum Gasteiger partial charge on any atom is 0.244 e. The minimum atomic E-state index is -0.302. The molecular weight excluding hydrogens is 289 g/mol. The molecule has 1 amide bonds. The first-order chi connectivity index (χ1) is 8.18. The summed E-state index contributed by atoms with van der Waals surface area (Å²) in [7, 11) is 0. The van der Waals surface area contributed by atoms with Crippen molar-refractivity contribution >= 4 is 36.4 Å². The van der Waals surface area contributed by atoms with E-state index in [0.29, 0.717) is 13.2 Å². The number of hydrogen-bond donors (Lipinski definition) is 2. The molecule has 19 heavy (non-hydrogen) atoms. The first-order valence-electron chi connectivity index (χ1n) is 5.75. The van der Waals surface area contributed by atoms with Gasteiger partial charge in [0.25, 0.3) is 0 Å². The molecule has 0 saturated carbocycles. The Bertz CT molecular complexity index is 418. The lowest BCUT2D eigenvalue weighted by Gasteiger charge is -2.29. The van der Waals surface area contributed by atoms with Crippen LogP contribution in [0.5, 0.6) is 0 Å². The zero-order valence-electron chi connectivity index (χ0n) is 10.9. The van der Waals surface area contributed by atoms with Crippen LogP contribution in [0.1, 0.15) is 12.5 Å². The van der Waals surface area contributed by atoms with Crippen molar-refractivity contribution in [3.8, 4) is 0 Å². The highest BCUT2D eigenvalue weighted by Crippen LogP contribution is 2.13. The van der Waals surface area contributed by atoms with Crippen molar-refractivity contribution in [3.05, 3.63) is 24.0 Å². The molecule has 108 valence electrons. The molecule has 7 heteroatoms. The molecule has 2 atom stereocenters. The summed E-state index contributed by atoms with van der Waals surface area (Å²) in [4.78, 5) is 16.0. The highest BCUT2D eigenvalue weighted by molar-refractivity contribution is 5.95. The molecule has 2 N–H and O–H groups in total. The monoisotopic (exact) mass is 307 g/mol. The normalized spacial score (nSPS) is 21.8. The molecular formula is C12H19Cl2N3O2. The van der Waals surface area contributed by atoms with E-state index in [9.17, 15) is 4.79 Å². The quantitative estimate of drug-likeness (QED) is 0.870. The molecule has 2 rings (SSSR count). The van der Waals surface area contributed by atoms with E-state index >= 15 is 0 Å². The number of aryl methyl sites for hydroxylation is 1. The fourth-order valence-corrected chi connectivity index (χ4v) is 1.83. The molecule has 0 unspecified atom stereocenters. The number of rotatable bonds is 2. The number of aromatic nitrogens is 1. The van der Waals surface area contributed by atoms with Crippen LogP contribution >= 0.6 is 24.8 Å². The van der Waals surface area contributed by atoms with Crippen LogP contribution in [-0.4, -0.2) is 36.2 Å². The molecule has 0 aromatic carbocycles. The lowest BCUT2D eigenvalue weighted by atomic mass is 10.1. The van der Waals surface area contributed by atoms with Gasteiger partial charge in [-0.3, -0.25) is 9.78 Å². The molecule has 0 aliphatic carbocycles. The van der Waals surface area contributed by atoms with Crippen LogP contribution in [-0.2, 0) is 9.53 Å². The molecule has 0 spiro atoms. The average molecular weight is 308 g/mol. The number of anilines is 1. The van der Waals surface area contributed by atoms with Crippen LogP contribution in [0.4, 0.5) is 5.69 Å². The van der Waals surface area contributed by atoms with Gasteiger partial charge in [-0.2, -0.15) is 0 Å². The second-order valence-electron chi connectivity index (χ2n) is 4.19. The lowest BCUT2D eigenvalue weighted by molar-refractivity contribution is -0.123. The van der Waals surface area contributed by atoms with Crippen LogP contribution in [0.15, 0.2) is 18.5 Å². The van der Waals surface area contributed by atoms with E-state index in [0.717, 1.165) is 11.3 Å². The van der Waals surface area contributed by atoms with Crippen molar-refractivity contribution < 1.29 is 9.53 Å². The summed E-state index contributed by atoms with van der Waals surface area (Å²) in [6, 6.07) is 1.56. The van der Waals surface area contributed by atoms with Gasteiger partial charge in [-0.05, 0) is 25.5 Å². The molecule has 1 aliphatic heterocycles. The number of carbonyl (C=O) groups is 1. The molecule has 1 aromatic heterocycles. The van der Waals surface area contributed by atoms with E-state index in [4.69, 9.17) is 4.74 Å². The largest absolute Gasteiger partial charge is 0.375 e. The number of pyridine rings is 1. The third kappa shape index (κ3) is 4.62. The highest BCUT2D eigenvalue weighted by Gasteiger charge is 2.28. The van der Waals surface area contributed by atoms with Crippen LogP contribution < -0.4 is 10.6 Å². The van der Waals surface area contributed by atoms with Crippen molar-refractivity contribution in [2.24, 2.45) is 0 Å². The number of nitrogens with zero attached hydrogens (tertiary/aromatic N) is 1. The van der Waals surface area contributed by atoms with Crippen LogP contribution in [0.25, 0.3) is 0 Å². The second-order valence-corrected chi connectivity index (χ2v) is 4.19. The van der Waals surface area contributed by atoms with E-state index in [1.165, 1.54) is 0 Å². The molecule has 1 aromatic rings. The number of ether oxygens (including phenoxy) is 1. The van der Waals surface area contributed by atoms with Crippen molar-refractivity contribution in [1.29, 1.82) is 0 Å². The van der Waals surface area contributed by atoms with E-state index in [-0.39, 0.29) is 42.9 Å². The zero-order chi connectivity index (χ0) is 12.3. The number of carbonyl (C=O) groups excluding carboxylic acids is 1. The van der Waals surface area contributed by atoms with Gasteiger partial charge < -0.3 is 15.4 Å². The lowest BCUT2D eigenvalue weighted by Crippen LogP contribution is -2.53. The van der Waals surface area contributed by atoms with Crippen molar-refractivity contribution in [1.82, 2.24) is 10.3 Å². The van der Waals surface area contributed by atoms with Crippen LogP contribution in [0.3, 0.4) is 0 Å². The number of morpholine rings is 1. The van der Waals surface area contributed by atoms with Gasteiger partial charge in [0, 0.05) is 12.7 Å². The molecule has 2 heterocycles. The van der Waals surface area contributed by atoms with Gasteiger partial charge in [0.05, 0.1) is 24.6 Å². The average Bonchev–Trinajstić information content (AvgIpc) is 2.32. The molecule has 1 fully saturated rings. The maximum atomic E-state index is 12.0. The van der Waals surface area contributed by atoms with Crippen molar-refractivity contribution in [2.75, 3.05) is 18.5 Å². The minimum Gasteiger partial charge on any atom is -0.375 e. The fraction of sp³-hybridized carbons (Fsp3) is 0.500. The molecule has 1 saturated heterocycles. The summed E-state index contributed by atoms with van der Waals surface area (Å²) in [5.74, 6) is -0.0756. The molecule has 1 aliphatic rings. The number of halogens is 2. The van der Waals surface area contributed by atoms with Gasteiger partial charge in [0.15, 0.2) is 0 Å². The SMILES string of the molecule is Cc1ccncc1NC(=O)[C@H]1NCCO[C@@H]1C.Cl.Cl. The van der Waals surface area contributed by atoms with Gasteiger partial charge in [0.1, 0.15) is 6.04 Å². The summed E-state index contributed by atoms with van der Waals surface area (Å²) in [5.41, 5.74) is 1.75. The van der Waals surface area contributed by atoms with Gasteiger partial charge in [-0.1, -0.05) is 0 Å². The summed E-state index contributed by atoms with van der Waals surface area (Å²) in [5, 5.41) is 6.02. The third-order valence-corrected chi connectivity index (χ3v) is 2.90. The Morgan fingerprint density at radius 2 is 2.26 bits per heavy atom. The summed E-state index contributed by atoms with van der Waals surface area (Å²) in [6.45, 7) is 5.18. The van der Waals surface area contributed by atoms with E-state index in [1.54, 1.807) is 12.4 Å².